The van der Waals surface area contributed by atoms with Crippen LogP contribution >= 0.6 is 23.2 Å². The molecule has 2 aromatic rings. The van der Waals surface area contributed by atoms with Crippen molar-refractivity contribution in [2.24, 2.45) is 0 Å². The monoisotopic (exact) mass is 326 g/mol. The smallest absolute Gasteiger partial charge is 0.146 e. The summed E-state index contributed by atoms with van der Waals surface area (Å²) in [4.78, 5) is 4.17. The van der Waals surface area contributed by atoms with Crippen molar-refractivity contribution >= 4 is 23.2 Å². The van der Waals surface area contributed by atoms with Gasteiger partial charge in [-0.15, -0.1) is 0 Å². The van der Waals surface area contributed by atoms with Crippen LogP contribution in [0.1, 0.15) is 30.6 Å². The summed E-state index contributed by atoms with van der Waals surface area (Å²) in [6.07, 6.45) is 3.08. The van der Waals surface area contributed by atoms with E-state index in [0.717, 1.165) is 18.5 Å². The van der Waals surface area contributed by atoms with Crippen LogP contribution in [0.25, 0.3) is 0 Å². The summed E-state index contributed by atoms with van der Waals surface area (Å²) in [5.74, 6) is -0.316. The Morgan fingerprint density at radius 2 is 2.10 bits per heavy atom. The highest BCUT2D eigenvalue weighted by Crippen LogP contribution is 2.26. The summed E-state index contributed by atoms with van der Waals surface area (Å²) in [6, 6.07) is 8.08. The van der Waals surface area contributed by atoms with E-state index >= 15 is 0 Å². The highest BCUT2D eigenvalue weighted by molar-refractivity contribution is 6.33. The van der Waals surface area contributed by atoms with Gasteiger partial charge in [0.15, 0.2) is 0 Å². The Kier molecular flexibility index (Phi) is 5.97. The third-order valence-electron chi connectivity index (χ3n) is 3.19. The zero-order valence-corrected chi connectivity index (χ0v) is 13.3. The first-order valence-electron chi connectivity index (χ1n) is 6.89. The first-order valence-corrected chi connectivity index (χ1v) is 7.65. The number of rotatable bonds is 6. The number of benzene rings is 1. The fourth-order valence-electron chi connectivity index (χ4n) is 2.16. The van der Waals surface area contributed by atoms with E-state index in [-0.39, 0.29) is 11.9 Å². The summed E-state index contributed by atoms with van der Waals surface area (Å²) < 4.78 is 14.0. The van der Waals surface area contributed by atoms with E-state index in [0.29, 0.717) is 22.2 Å². The third kappa shape index (κ3) is 4.40. The van der Waals surface area contributed by atoms with Gasteiger partial charge in [0.25, 0.3) is 0 Å². The van der Waals surface area contributed by atoms with Crippen molar-refractivity contribution in [2.45, 2.75) is 25.8 Å². The van der Waals surface area contributed by atoms with Gasteiger partial charge in [-0.05, 0) is 55.3 Å². The van der Waals surface area contributed by atoms with Crippen LogP contribution in [0.15, 0.2) is 36.5 Å². The van der Waals surface area contributed by atoms with Crippen LogP contribution in [0.5, 0.6) is 0 Å². The molecule has 0 radical (unpaired) electrons. The normalized spacial score (nSPS) is 12.4. The number of hydrogen-bond acceptors (Lipinski definition) is 2. The number of pyridine rings is 1. The average molecular weight is 327 g/mol. The molecule has 2 rings (SSSR count). The molecule has 1 aromatic carbocycles. The van der Waals surface area contributed by atoms with Gasteiger partial charge in [0.1, 0.15) is 5.82 Å². The van der Waals surface area contributed by atoms with Crippen molar-refractivity contribution in [1.82, 2.24) is 10.3 Å². The molecule has 1 unspecified atom stereocenters. The van der Waals surface area contributed by atoms with Gasteiger partial charge in [-0.2, -0.15) is 0 Å². The minimum absolute atomic E-state index is 0.234. The van der Waals surface area contributed by atoms with Gasteiger partial charge in [0.2, 0.25) is 0 Å². The van der Waals surface area contributed by atoms with Crippen molar-refractivity contribution in [2.75, 3.05) is 6.54 Å². The lowest BCUT2D eigenvalue weighted by Gasteiger charge is -2.19. The van der Waals surface area contributed by atoms with Crippen LogP contribution in [0.4, 0.5) is 4.39 Å². The summed E-state index contributed by atoms with van der Waals surface area (Å²) >= 11 is 12.2. The second kappa shape index (κ2) is 7.74. The van der Waals surface area contributed by atoms with Gasteiger partial charge in [0, 0.05) is 16.2 Å². The zero-order valence-electron chi connectivity index (χ0n) is 11.7. The summed E-state index contributed by atoms with van der Waals surface area (Å²) in [5.41, 5.74) is 1.28. The molecule has 1 atom stereocenters. The SMILES string of the molecule is CCCNC(Cc1cc(Cl)ccc1Cl)c1ncccc1F. The van der Waals surface area contributed by atoms with E-state index in [1.165, 1.54) is 6.07 Å². The molecule has 2 nitrogen and oxygen atoms in total. The molecule has 0 saturated heterocycles. The topological polar surface area (TPSA) is 24.9 Å². The van der Waals surface area contributed by atoms with E-state index in [9.17, 15) is 4.39 Å². The molecule has 5 heteroatoms. The fourth-order valence-corrected chi connectivity index (χ4v) is 2.55. The molecule has 0 fully saturated rings. The first kappa shape index (κ1) is 16.2. The maximum Gasteiger partial charge on any atom is 0.146 e. The molecule has 1 heterocycles. The lowest BCUT2D eigenvalue weighted by molar-refractivity contribution is 0.483. The quantitative estimate of drug-likeness (QED) is 0.823. The minimum atomic E-state index is -0.316. The predicted octanol–water partition coefficient (Wildman–Crippen LogP) is 4.81. The van der Waals surface area contributed by atoms with Crippen LogP contribution in [0.2, 0.25) is 10.0 Å². The second-order valence-electron chi connectivity index (χ2n) is 4.82. The van der Waals surface area contributed by atoms with E-state index < -0.39 is 0 Å². The number of aromatic nitrogens is 1. The Morgan fingerprint density at radius 1 is 1.29 bits per heavy atom. The lowest BCUT2D eigenvalue weighted by atomic mass is 10.0. The lowest BCUT2D eigenvalue weighted by Crippen LogP contribution is -2.26. The molecule has 0 bridgehead atoms. The molecule has 0 amide bonds. The summed E-state index contributed by atoms with van der Waals surface area (Å²) in [5, 5.41) is 4.56. The van der Waals surface area contributed by atoms with Crippen molar-refractivity contribution in [3.63, 3.8) is 0 Å². The van der Waals surface area contributed by atoms with Crippen molar-refractivity contribution in [1.29, 1.82) is 0 Å². The van der Waals surface area contributed by atoms with Crippen molar-refractivity contribution in [3.8, 4) is 0 Å². The Morgan fingerprint density at radius 3 is 2.81 bits per heavy atom. The van der Waals surface area contributed by atoms with Gasteiger partial charge in [-0.1, -0.05) is 30.1 Å². The van der Waals surface area contributed by atoms with Crippen LogP contribution in [-0.4, -0.2) is 11.5 Å². The Hall–Kier alpha value is -1.16. The van der Waals surface area contributed by atoms with Gasteiger partial charge in [-0.25, -0.2) is 4.39 Å². The molecule has 0 aliphatic heterocycles. The first-order chi connectivity index (χ1) is 10.1. The van der Waals surface area contributed by atoms with Crippen molar-refractivity contribution < 1.29 is 4.39 Å². The highest BCUT2D eigenvalue weighted by Gasteiger charge is 2.18. The standard InChI is InChI=1S/C16H17Cl2FN2/c1-2-7-20-15(16-14(19)4-3-8-21-16)10-11-9-12(17)5-6-13(11)18/h3-6,8-9,15,20H,2,7,10H2,1H3. The molecule has 21 heavy (non-hydrogen) atoms. The largest absolute Gasteiger partial charge is 0.308 e. The van der Waals surface area contributed by atoms with Crippen LogP contribution in [-0.2, 0) is 6.42 Å². The number of hydrogen-bond donors (Lipinski definition) is 1. The highest BCUT2D eigenvalue weighted by atomic mass is 35.5. The van der Waals surface area contributed by atoms with E-state index in [1.54, 1.807) is 24.4 Å². The van der Waals surface area contributed by atoms with Crippen LogP contribution < -0.4 is 5.32 Å². The molecule has 112 valence electrons. The number of halogens is 3. The van der Waals surface area contributed by atoms with Gasteiger partial charge >= 0.3 is 0 Å². The average Bonchev–Trinajstić information content (AvgIpc) is 2.48. The molecule has 1 aromatic heterocycles. The maximum atomic E-state index is 14.0. The molecule has 1 N–H and O–H groups in total. The maximum absolute atomic E-state index is 14.0. The predicted molar refractivity (Wildman–Crippen MR) is 85.4 cm³/mol. The Balaban J connectivity index is 2.28. The van der Waals surface area contributed by atoms with E-state index in [1.807, 2.05) is 6.07 Å². The van der Waals surface area contributed by atoms with Gasteiger partial charge < -0.3 is 5.32 Å². The molecular formula is C16H17Cl2FN2. The van der Waals surface area contributed by atoms with Gasteiger partial charge in [-0.3, -0.25) is 4.98 Å². The summed E-state index contributed by atoms with van der Waals surface area (Å²) in [7, 11) is 0. The second-order valence-corrected chi connectivity index (χ2v) is 5.66. The number of nitrogens with zero attached hydrogens (tertiary/aromatic N) is 1. The van der Waals surface area contributed by atoms with E-state index in [4.69, 9.17) is 23.2 Å². The number of nitrogens with one attached hydrogen (secondary N) is 1. The fraction of sp³-hybridized carbons (Fsp3) is 0.312. The molecule has 0 aliphatic rings. The van der Waals surface area contributed by atoms with Crippen molar-refractivity contribution in [3.05, 3.63) is 63.6 Å². The molecule has 0 saturated carbocycles. The van der Waals surface area contributed by atoms with Gasteiger partial charge in [0.05, 0.1) is 11.7 Å². The summed E-state index contributed by atoms with van der Waals surface area (Å²) in [6.45, 7) is 2.84. The zero-order chi connectivity index (χ0) is 15.2. The molecule has 0 spiro atoms. The Labute approximate surface area is 134 Å². The third-order valence-corrected chi connectivity index (χ3v) is 3.79. The van der Waals surface area contributed by atoms with E-state index in [2.05, 4.69) is 17.2 Å². The van der Waals surface area contributed by atoms with Crippen LogP contribution in [0.3, 0.4) is 0 Å². The Bertz CT molecular complexity index is 605. The molecule has 0 aliphatic carbocycles. The molecular weight excluding hydrogens is 310 g/mol. The van der Waals surface area contributed by atoms with Crippen LogP contribution in [0, 0.1) is 5.82 Å². The minimum Gasteiger partial charge on any atom is -0.308 e.